The van der Waals surface area contributed by atoms with Crippen LogP contribution in [0.15, 0.2) is 39.5 Å². The quantitative estimate of drug-likeness (QED) is 0.773. The summed E-state index contributed by atoms with van der Waals surface area (Å²) >= 11 is 0. The van der Waals surface area contributed by atoms with Crippen molar-refractivity contribution in [2.24, 2.45) is 7.05 Å². The smallest absolute Gasteiger partial charge is 0.419 e. The minimum Gasteiger partial charge on any atom is -0.493 e. The zero-order valence-electron chi connectivity index (χ0n) is 14.2. The third-order valence-corrected chi connectivity index (χ3v) is 4.14. The van der Waals surface area contributed by atoms with Gasteiger partial charge in [0.2, 0.25) is 5.75 Å². The molecule has 0 radical (unpaired) electrons. The van der Waals surface area contributed by atoms with E-state index < -0.39 is 5.76 Å². The van der Waals surface area contributed by atoms with Crippen LogP contribution in [0.25, 0.3) is 11.1 Å². The lowest BCUT2D eigenvalue weighted by atomic mass is 10.1. The van der Waals surface area contributed by atoms with E-state index in [0.717, 1.165) is 0 Å². The normalized spacial score (nSPS) is 12.8. The maximum atomic E-state index is 12.6. The molecule has 0 saturated carbocycles. The molecule has 4 rings (SSSR count). The Labute approximate surface area is 147 Å². The molecule has 1 aromatic heterocycles. The zero-order chi connectivity index (χ0) is 18.3. The van der Waals surface area contributed by atoms with Crippen molar-refractivity contribution in [1.29, 1.82) is 0 Å². The van der Waals surface area contributed by atoms with Crippen molar-refractivity contribution in [3.63, 3.8) is 0 Å². The molecule has 2 heterocycles. The van der Waals surface area contributed by atoms with Gasteiger partial charge in [-0.2, -0.15) is 0 Å². The summed E-state index contributed by atoms with van der Waals surface area (Å²) in [6.07, 6.45) is 0. The summed E-state index contributed by atoms with van der Waals surface area (Å²) in [5, 5.41) is 2.78. The highest BCUT2D eigenvalue weighted by Gasteiger charge is 2.21. The van der Waals surface area contributed by atoms with Crippen LogP contribution < -0.4 is 25.3 Å². The number of carbonyl (C=O) groups is 1. The lowest BCUT2D eigenvalue weighted by molar-refractivity contribution is 0.102. The molecular weight excluding hydrogens is 340 g/mol. The average molecular weight is 356 g/mol. The number of benzene rings is 2. The van der Waals surface area contributed by atoms with E-state index in [1.165, 1.54) is 11.7 Å². The molecule has 3 aromatic rings. The van der Waals surface area contributed by atoms with Crippen LogP contribution in [0.4, 0.5) is 5.69 Å². The number of fused-ring (bicyclic) bond motifs is 2. The molecule has 1 aliphatic rings. The van der Waals surface area contributed by atoms with Gasteiger partial charge in [-0.25, -0.2) is 4.79 Å². The van der Waals surface area contributed by atoms with Crippen molar-refractivity contribution < 1.29 is 23.4 Å². The third kappa shape index (κ3) is 2.65. The van der Waals surface area contributed by atoms with Gasteiger partial charge in [0.25, 0.3) is 5.91 Å². The SMILES string of the molecule is COc1cc(C(=O)Nc2ccc3c(c2)oc(=O)n3C)cc2c1OCCO2. The van der Waals surface area contributed by atoms with Gasteiger partial charge in [-0.3, -0.25) is 9.36 Å². The summed E-state index contributed by atoms with van der Waals surface area (Å²) in [6.45, 7) is 0.835. The topological polar surface area (TPSA) is 91.9 Å². The molecule has 0 unspecified atom stereocenters. The predicted molar refractivity (Wildman–Crippen MR) is 93.4 cm³/mol. The Morgan fingerprint density at radius 1 is 1.19 bits per heavy atom. The minimum absolute atomic E-state index is 0.349. The Kier molecular flexibility index (Phi) is 3.80. The lowest BCUT2D eigenvalue weighted by Gasteiger charge is -2.21. The second kappa shape index (κ2) is 6.14. The third-order valence-electron chi connectivity index (χ3n) is 4.14. The molecule has 8 nitrogen and oxygen atoms in total. The standard InChI is InChI=1S/C18H16N2O6/c1-20-12-4-3-11(9-13(12)26-18(20)22)19-17(21)10-7-14(23-2)16-15(8-10)24-5-6-25-16/h3-4,7-9H,5-6H2,1-2H3,(H,19,21). The summed E-state index contributed by atoms with van der Waals surface area (Å²) in [7, 11) is 3.12. The first-order valence-corrected chi connectivity index (χ1v) is 7.95. The first kappa shape index (κ1) is 16.1. The van der Waals surface area contributed by atoms with E-state index >= 15 is 0 Å². The van der Waals surface area contributed by atoms with Crippen molar-refractivity contribution in [2.75, 3.05) is 25.6 Å². The summed E-state index contributed by atoms with van der Waals surface area (Å²) in [4.78, 5) is 24.2. The largest absolute Gasteiger partial charge is 0.493 e. The maximum absolute atomic E-state index is 12.6. The van der Waals surface area contributed by atoms with Gasteiger partial charge in [0.15, 0.2) is 17.1 Å². The first-order chi connectivity index (χ1) is 12.6. The van der Waals surface area contributed by atoms with E-state index in [9.17, 15) is 9.59 Å². The van der Waals surface area contributed by atoms with Crippen molar-refractivity contribution >= 4 is 22.7 Å². The Morgan fingerprint density at radius 3 is 2.81 bits per heavy atom. The molecule has 2 aromatic carbocycles. The number of nitrogens with one attached hydrogen (secondary N) is 1. The predicted octanol–water partition coefficient (Wildman–Crippen LogP) is 2.16. The molecule has 0 saturated heterocycles. The number of ether oxygens (including phenoxy) is 3. The molecule has 26 heavy (non-hydrogen) atoms. The second-order valence-corrected chi connectivity index (χ2v) is 5.77. The number of oxazole rings is 1. The van der Waals surface area contributed by atoms with Crippen LogP contribution in [-0.2, 0) is 7.05 Å². The van der Waals surface area contributed by atoms with Crippen LogP contribution in [0, 0.1) is 0 Å². The van der Waals surface area contributed by atoms with E-state index in [-0.39, 0.29) is 5.91 Å². The van der Waals surface area contributed by atoms with Crippen LogP contribution in [0.5, 0.6) is 17.2 Å². The number of hydrogen-bond acceptors (Lipinski definition) is 6. The fourth-order valence-electron chi connectivity index (χ4n) is 2.82. The van der Waals surface area contributed by atoms with E-state index in [4.69, 9.17) is 18.6 Å². The van der Waals surface area contributed by atoms with Gasteiger partial charge in [0, 0.05) is 24.4 Å². The molecule has 0 atom stereocenters. The maximum Gasteiger partial charge on any atom is 0.419 e. The molecule has 0 spiro atoms. The van der Waals surface area contributed by atoms with Gasteiger partial charge in [-0.05, 0) is 24.3 Å². The van der Waals surface area contributed by atoms with Crippen LogP contribution in [0.2, 0.25) is 0 Å². The summed E-state index contributed by atoms with van der Waals surface area (Å²) in [6, 6.07) is 8.20. The average Bonchev–Trinajstić information content (AvgIpc) is 2.94. The van der Waals surface area contributed by atoms with Crippen molar-refractivity contribution in [3.05, 3.63) is 46.4 Å². The number of anilines is 1. The number of aromatic nitrogens is 1. The Balaban J connectivity index is 1.65. The van der Waals surface area contributed by atoms with Crippen molar-refractivity contribution in [1.82, 2.24) is 4.57 Å². The van der Waals surface area contributed by atoms with Gasteiger partial charge in [-0.15, -0.1) is 0 Å². The summed E-state index contributed by atoms with van der Waals surface area (Å²) in [5.74, 6) is 0.572. The highest BCUT2D eigenvalue weighted by molar-refractivity contribution is 6.05. The zero-order valence-corrected chi connectivity index (χ0v) is 14.2. The van der Waals surface area contributed by atoms with Gasteiger partial charge < -0.3 is 23.9 Å². The summed E-state index contributed by atoms with van der Waals surface area (Å²) in [5.41, 5.74) is 1.91. The van der Waals surface area contributed by atoms with Crippen LogP contribution >= 0.6 is 0 Å². The fourth-order valence-corrected chi connectivity index (χ4v) is 2.82. The van der Waals surface area contributed by atoms with E-state index in [2.05, 4.69) is 5.32 Å². The van der Waals surface area contributed by atoms with E-state index in [1.807, 2.05) is 0 Å². The Bertz CT molecular complexity index is 1050. The molecule has 134 valence electrons. The van der Waals surface area contributed by atoms with Gasteiger partial charge in [0.1, 0.15) is 13.2 Å². The number of hydrogen-bond donors (Lipinski definition) is 1. The highest BCUT2D eigenvalue weighted by Crippen LogP contribution is 2.40. The monoisotopic (exact) mass is 356 g/mol. The summed E-state index contributed by atoms with van der Waals surface area (Å²) < 4.78 is 22.9. The number of rotatable bonds is 3. The molecular formula is C18H16N2O6. The van der Waals surface area contributed by atoms with E-state index in [0.29, 0.717) is 52.8 Å². The lowest BCUT2D eigenvalue weighted by Crippen LogP contribution is -2.18. The molecule has 0 fully saturated rings. The molecule has 1 N–H and O–H groups in total. The Hall–Kier alpha value is -3.42. The molecule has 1 amide bonds. The Morgan fingerprint density at radius 2 is 2.00 bits per heavy atom. The van der Waals surface area contributed by atoms with Gasteiger partial charge in [0.05, 0.1) is 12.6 Å². The first-order valence-electron chi connectivity index (χ1n) is 7.95. The molecule has 0 bridgehead atoms. The number of nitrogens with zero attached hydrogens (tertiary/aromatic N) is 1. The van der Waals surface area contributed by atoms with Crippen molar-refractivity contribution in [2.45, 2.75) is 0 Å². The highest BCUT2D eigenvalue weighted by atomic mass is 16.6. The van der Waals surface area contributed by atoms with Crippen molar-refractivity contribution in [3.8, 4) is 17.2 Å². The number of aryl methyl sites for hydroxylation is 1. The van der Waals surface area contributed by atoms with Crippen LogP contribution in [0.1, 0.15) is 10.4 Å². The molecule has 8 heteroatoms. The van der Waals surface area contributed by atoms with Crippen LogP contribution in [-0.4, -0.2) is 30.8 Å². The number of amides is 1. The van der Waals surface area contributed by atoms with Gasteiger partial charge in [-0.1, -0.05) is 0 Å². The van der Waals surface area contributed by atoms with E-state index in [1.54, 1.807) is 37.4 Å². The fraction of sp³-hybridized carbons (Fsp3) is 0.222. The van der Waals surface area contributed by atoms with Gasteiger partial charge >= 0.3 is 5.76 Å². The minimum atomic E-state index is -0.458. The number of methoxy groups -OCH3 is 1. The second-order valence-electron chi connectivity index (χ2n) is 5.77. The number of carbonyl (C=O) groups excluding carboxylic acids is 1. The molecule has 0 aliphatic carbocycles. The molecule has 1 aliphatic heterocycles. The van der Waals surface area contributed by atoms with Crippen LogP contribution in [0.3, 0.4) is 0 Å².